The maximum atomic E-state index is 11.4. The molecule has 2 unspecified atom stereocenters. The second kappa shape index (κ2) is 5.21. The first-order chi connectivity index (χ1) is 6.85. The summed E-state index contributed by atoms with van der Waals surface area (Å²) in [5.41, 5.74) is 0. The Balaban J connectivity index is 2.68. The van der Waals surface area contributed by atoms with Crippen molar-refractivity contribution in [2.45, 2.75) is 24.3 Å². The van der Waals surface area contributed by atoms with Crippen LogP contribution in [0.15, 0.2) is 0 Å². The maximum Gasteiger partial charge on any atom is 0.252 e. The number of methoxy groups -OCH3 is 1. The average molecular weight is 254 g/mol. The summed E-state index contributed by atoms with van der Waals surface area (Å²) >= 11 is 3.83. The van der Waals surface area contributed by atoms with E-state index in [2.05, 4.69) is 12.2 Å². The van der Waals surface area contributed by atoms with E-state index in [1.807, 2.05) is 0 Å². The Bertz CT molecular complexity index is 260. The molecule has 0 bridgehead atoms. The Morgan fingerprint density at radius 3 is 2.73 bits per heavy atom. The summed E-state index contributed by atoms with van der Waals surface area (Å²) in [4.78, 5) is 0. The number of hydrogen-bond donors (Lipinski definition) is 2. The number of thiol groups is 1. The molecule has 0 spiro atoms. The van der Waals surface area contributed by atoms with Gasteiger partial charge in [0.05, 0.1) is 12.6 Å². The van der Waals surface area contributed by atoms with Gasteiger partial charge < -0.3 is 19.1 Å². The topological polar surface area (TPSA) is 65.0 Å². The van der Waals surface area contributed by atoms with Gasteiger partial charge in [-0.05, 0) is 0 Å². The largest absolute Gasteiger partial charge is 0.388 e. The van der Waals surface area contributed by atoms with Gasteiger partial charge in [-0.25, -0.2) is 0 Å². The highest BCUT2D eigenvalue weighted by molar-refractivity contribution is 8.46. The summed E-state index contributed by atoms with van der Waals surface area (Å²) in [5, 5.41) is 9.76. The van der Waals surface area contributed by atoms with Gasteiger partial charge in [-0.1, -0.05) is 12.2 Å². The van der Waals surface area contributed by atoms with E-state index in [0.29, 0.717) is 6.61 Å². The summed E-state index contributed by atoms with van der Waals surface area (Å²) < 4.78 is 27.0. The van der Waals surface area contributed by atoms with Crippen molar-refractivity contribution in [3.63, 3.8) is 0 Å². The molecule has 88 valence electrons. The minimum absolute atomic E-state index is 0.292. The van der Waals surface area contributed by atoms with E-state index in [1.54, 1.807) is 7.85 Å². The van der Waals surface area contributed by atoms with Gasteiger partial charge in [0, 0.05) is 13.8 Å². The summed E-state index contributed by atoms with van der Waals surface area (Å²) in [6, 6.07) is -0.352. The van der Waals surface area contributed by atoms with Gasteiger partial charge in [0.25, 0.3) is 6.57 Å². The summed E-state index contributed by atoms with van der Waals surface area (Å²) in [6.07, 6.45) is -1.85. The van der Waals surface area contributed by atoms with Crippen LogP contribution in [0.1, 0.15) is 0 Å². The number of aliphatic hydroxyl groups is 1. The summed E-state index contributed by atoms with van der Waals surface area (Å²) in [6.45, 7) is -1.26. The third-order valence-electron chi connectivity index (χ3n) is 2.22. The molecule has 1 aliphatic heterocycles. The van der Waals surface area contributed by atoms with Crippen LogP contribution in [0.2, 0.25) is 0 Å². The lowest BCUT2D eigenvalue weighted by molar-refractivity contribution is -0.00991. The molecule has 1 rings (SSSR count). The number of hydrogen-bond acceptors (Lipinski definition) is 5. The average Bonchev–Trinajstić information content (AvgIpc) is 2.32. The second-order valence-electron chi connectivity index (χ2n) is 3.70. The number of rotatable bonds is 4. The monoisotopic (exact) mass is 254 g/mol. The molecule has 0 saturated carbocycles. The molecule has 0 aromatic heterocycles. The highest BCUT2D eigenvalue weighted by atomic mass is 32.7. The number of ether oxygens (including phenoxy) is 2. The second-order valence-corrected chi connectivity index (χ2v) is 7.70. The SMILES string of the molecule is B[C@@H]1O[C@H](COC)C(O[P@](C)(=O)S)C1O. The van der Waals surface area contributed by atoms with E-state index in [0.717, 1.165) is 0 Å². The third-order valence-corrected chi connectivity index (χ3v) is 3.14. The van der Waals surface area contributed by atoms with Crippen LogP contribution in [0.25, 0.3) is 0 Å². The van der Waals surface area contributed by atoms with Crippen molar-refractivity contribution in [1.29, 1.82) is 0 Å². The van der Waals surface area contributed by atoms with Crippen LogP contribution in [-0.2, 0) is 18.6 Å². The lowest BCUT2D eigenvalue weighted by Gasteiger charge is -2.22. The van der Waals surface area contributed by atoms with Gasteiger partial charge in [0.2, 0.25) is 0 Å². The minimum atomic E-state index is -2.94. The van der Waals surface area contributed by atoms with E-state index in [-0.39, 0.29) is 6.00 Å². The van der Waals surface area contributed by atoms with Crippen molar-refractivity contribution in [3.05, 3.63) is 0 Å². The lowest BCUT2D eigenvalue weighted by atomic mass is 9.93. The van der Waals surface area contributed by atoms with Crippen LogP contribution in [-0.4, -0.2) is 57.6 Å². The standard InChI is InChI=1S/C7H16BO5PS/c1-11-3-4-6(13-14(2,10)15)5(9)7(8)12-4/h4-7,9H,3,8H2,1-2H3,(H,10,15)/t4-,5?,6?,7-,14+/m1/s1. The predicted octanol–water partition coefficient (Wildman–Crippen LogP) is -0.510. The first kappa shape index (κ1) is 13.5. The van der Waals surface area contributed by atoms with Gasteiger partial charge in [-0.15, -0.1) is 0 Å². The predicted molar refractivity (Wildman–Crippen MR) is 62.5 cm³/mol. The molecule has 0 aliphatic carbocycles. The molecule has 15 heavy (non-hydrogen) atoms. The molecule has 5 nitrogen and oxygen atoms in total. The zero-order chi connectivity index (χ0) is 11.6. The van der Waals surface area contributed by atoms with Crippen molar-refractivity contribution in [2.24, 2.45) is 0 Å². The lowest BCUT2D eigenvalue weighted by Crippen LogP contribution is -2.36. The van der Waals surface area contributed by atoms with Crippen LogP contribution in [0.5, 0.6) is 0 Å². The highest BCUT2D eigenvalue weighted by Crippen LogP contribution is 2.50. The van der Waals surface area contributed by atoms with Gasteiger partial charge in [0.15, 0.2) is 0 Å². The summed E-state index contributed by atoms with van der Waals surface area (Å²) in [7, 11) is 3.26. The fraction of sp³-hybridized carbons (Fsp3) is 1.00. The molecule has 0 aromatic carbocycles. The van der Waals surface area contributed by atoms with E-state index in [1.165, 1.54) is 13.8 Å². The van der Waals surface area contributed by atoms with Gasteiger partial charge in [-0.3, -0.25) is 4.57 Å². The molecule has 0 amide bonds. The molecule has 0 radical (unpaired) electrons. The first-order valence-corrected chi connectivity index (χ1v) is 7.88. The first-order valence-electron chi connectivity index (χ1n) is 4.66. The summed E-state index contributed by atoms with van der Waals surface area (Å²) in [5.74, 6) is 0. The Labute approximate surface area is 95.5 Å². The fourth-order valence-corrected chi connectivity index (χ4v) is 2.61. The zero-order valence-corrected chi connectivity index (χ0v) is 10.8. The van der Waals surface area contributed by atoms with Gasteiger partial charge in [-0.2, -0.15) is 0 Å². The Hall–Kier alpha value is 0.485. The van der Waals surface area contributed by atoms with Crippen LogP contribution >= 0.6 is 18.8 Å². The molecule has 5 atom stereocenters. The zero-order valence-electron chi connectivity index (χ0n) is 8.99. The van der Waals surface area contributed by atoms with Crippen molar-refractivity contribution in [2.75, 3.05) is 20.4 Å². The smallest absolute Gasteiger partial charge is 0.252 e. The Morgan fingerprint density at radius 2 is 2.27 bits per heavy atom. The van der Waals surface area contributed by atoms with Crippen molar-refractivity contribution in [1.82, 2.24) is 0 Å². The molecule has 1 saturated heterocycles. The Kier molecular flexibility index (Phi) is 4.71. The quantitative estimate of drug-likeness (QED) is 0.402. The van der Waals surface area contributed by atoms with Crippen molar-refractivity contribution < 1.29 is 23.7 Å². The fourth-order valence-electron chi connectivity index (χ4n) is 1.58. The van der Waals surface area contributed by atoms with Crippen molar-refractivity contribution in [3.8, 4) is 0 Å². The molecule has 0 aromatic rings. The van der Waals surface area contributed by atoms with Gasteiger partial charge >= 0.3 is 0 Å². The molecular weight excluding hydrogens is 238 g/mol. The normalized spacial score (nSPS) is 40.3. The molecule has 8 heteroatoms. The Morgan fingerprint density at radius 1 is 1.67 bits per heavy atom. The molecule has 1 aliphatic rings. The molecule has 1 N–H and O–H groups in total. The van der Waals surface area contributed by atoms with Crippen LogP contribution < -0.4 is 0 Å². The van der Waals surface area contributed by atoms with E-state index >= 15 is 0 Å². The van der Waals surface area contributed by atoms with E-state index < -0.39 is 24.9 Å². The van der Waals surface area contributed by atoms with E-state index in [9.17, 15) is 9.67 Å². The van der Waals surface area contributed by atoms with E-state index in [4.69, 9.17) is 14.0 Å². The maximum absolute atomic E-state index is 11.4. The van der Waals surface area contributed by atoms with Crippen LogP contribution in [0.3, 0.4) is 0 Å². The molecule has 1 heterocycles. The third kappa shape index (κ3) is 3.77. The minimum Gasteiger partial charge on any atom is -0.388 e. The van der Waals surface area contributed by atoms with Gasteiger partial charge in [0.1, 0.15) is 26.2 Å². The van der Waals surface area contributed by atoms with Crippen LogP contribution in [0.4, 0.5) is 0 Å². The highest BCUT2D eigenvalue weighted by Gasteiger charge is 2.43. The van der Waals surface area contributed by atoms with Crippen LogP contribution in [0, 0.1) is 0 Å². The molecular formula is C7H16BO5PS. The molecule has 1 fully saturated rings. The van der Waals surface area contributed by atoms with Crippen molar-refractivity contribution >= 4 is 26.7 Å². The number of aliphatic hydroxyl groups excluding tert-OH is 1.